The van der Waals surface area contributed by atoms with Gasteiger partial charge in [0.05, 0.1) is 6.20 Å². The van der Waals surface area contributed by atoms with Crippen molar-refractivity contribution in [3.05, 3.63) is 52.7 Å². The molecule has 3 nitrogen and oxygen atoms in total. The molecule has 0 unspecified atom stereocenters. The molecule has 0 saturated carbocycles. The summed E-state index contributed by atoms with van der Waals surface area (Å²) in [5, 5.41) is 0. The van der Waals surface area contributed by atoms with Crippen molar-refractivity contribution in [1.82, 2.24) is 14.4 Å². The van der Waals surface area contributed by atoms with Gasteiger partial charge in [-0.1, -0.05) is 6.07 Å². The van der Waals surface area contributed by atoms with Crippen molar-refractivity contribution >= 4 is 21.6 Å². The number of hydrogen-bond acceptors (Lipinski definition) is 2. The summed E-state index contributed by atoms with van der Waals surface area (Å²) in [7, 11) is 0. The molecule has 0 aliphatic carbocycles. The standard InChI is InChI=1S/C14H12BrN3/c1-9-5-12(11-4-3-10(2)16-6-11)8-18-13(15)7-17-14(9)18/h3-8H,1-2H3. The fourth-order valence-electron chi connectivity index (χ4n) is 2.03. The highest BCUT2D eigenvalue weighted by atomic mass is 79.9. The Hall–Kier alpha value is -1.68. The molecule has 0 bridgehead atoms. The third-order valence-corrected chi connectivity index (χ3v) is 3.58. The Morgan fingerprint density at radius 3 is 2.61 bits per heavy atom. The lowest BCUT2D eigenvalue weighted by Gasteiger charge is -2.06. The fourth-order valence-corrected chi connectivity index (χ4v) is 2.40. The molecule has 3 aromatic heterocycles. The molecule has 18 heavy (non-hydrogen) atoms. The van der Waals surface area contributed by atoms with E-state index < -0.39 is 0 Å². The Bertz CT molecular complexity index is 714. The van der Waals surface area contributed by atoms with Gasteiger partial charge in [-0.05, 0) is 47.5 Å². The van der Waals surface area contributed by atoms with Crippen molar-refractivity contribution in [2.45, 2.75) is 13.8 Å². The number of aromatic nitrogens is 3. The summed E-state index contributed by atoms with van der Waals surface area (Å²) in [4.78, 5) is 8.71. The quantitative estimate of drug-likeness (QED) is 0.685. The van der Waals surface area contributed by atoms with E-state index in [1.165, 1.54) is 0 Å². The zero-order valence-corrected chi connectivity index (χ0v) is 11.8. The van der Waals surface area contributed by atoms with Crippen LogP contribution in [0.5, 0.6) is 0 Å². The zero-order chi connectivity index (χ0) is 12.7. The van der Waals surface area contributed by atoms with Crippen LogP contribution in [0.4, 0.5) is 0 Å². The first-order valence-electron chi connectivity index (χ1n) is 5.71. The number of rotatable bonds is 1. The number of imidazole rings is 1. The van der Waals surface area contributed by atoms with Crippen LogP contribution >= 0.6 is 15.9 Å². The maximum atomic E-state index is 4.37. The predicted octanol–water partition coefficient (Wildman–Crippen LogP) is 3.78. The first kappa shape index (κ1) is 11.4. The van der Waals surface area contributed by atoms with Gasteiger partial charge in [-0.25, -0.2) is 4.98 Å². The van der Waals surface area contributed by atoms with Gasteiger partial charge in [0.2, 0.25) is 0 Å². The molecule has 0 amide bonds. The summed E-state index contributed by atoms with van der Waals surface area (Å²) in [6.07, 6.45) is 5.80. The number of pyridine rings is 2. The summed E-state index contributed by atoms with van der Waals surface area (Å²) in [5.74, 6) is 0. The topological polar surface area (TPSA) is 30.2 Å². The van der Waals surface area contributed by atoms with Gasteiger partial charge >= 0.3 is 0 Å². The van der Waals surface area contributed by atoms with Gasteiger partial charge in [0.1, 0.15) is 10.3 Å². The largest absolute Gasteiger partial charge is 0.293 e. The van der Waals surface area contributed by atoms with E-state index in [0.29, 0.717) is 0 Å². The van der Waals surface area contributed by atoms with Gasteiger partial charge in [-0.2, -0.15) is 0 Å². The highest BCUT2D eigenvalue weighted by Gasteiger charge is 2.07. The molecule has 0 N–H and O–H groups in total. The van der Waals surface area contributed by atoms with Gasteiger partial charge in [-0.15, -0.1) is 0 Å². The molecular weight excluding hydrogens is 290 g/mol. The molecular formula is C14H12BrN3. The molecule has 0 aliphatic rings. The highest BCUT2D eigenvalue weighted by molar-refractivity contribution is 9.10. The van der Waals surface area contributed by atoms with Crippen LogP contribution in [-0.4, -0.2) is 14.4 Å². The molecule has 4 heteroatoms. The molecule has 0 radical (unpaired) electrons. The summed E-state index contributed by atoms with van der Waals surface area (Å²) < 4.78 is 3.01. The maximum absolute atomic E-state index is 4.37. The van der Waals surface area contributed by atoms with Crippen molar-refractivity contribution in [3.8, 4) is 11.1 Å². The minimum Gasteiger partial charge on any atom is -0.293 e. The molecule has 0 spiro atoms. The van der Waals surface area contributed by atoms with E-state index in [0.717, 1.165) is 32.6 Å². The third-order valence-electron chi connectivity index (χ3n) is 2.99. The van der Waals surface area contributed by atoms with Gasteiger partial charge in [0.15, 0.2) is 0 Å². The molecule has 3 rings (SSSR count). The zero-order valence-electron chi connectivity index (χ0n) is 10.2. The second kappa shape index (κ2) is 4.21. The highest BCUT2D eigenvalue weighted by Crippen LogP contribution is 2.24. The van der Waals surface area contributed by atoms with Crippen LogP contribution in [0.2, 0.25) is 0 Å². The summed E-state index contributed by atoms with van der Waals surface area (Å²) >= 11 is 3.50. The molecule has 3 aromatic rings. The Balaban J connectivity index is 2.23. The molecule has 3 heterocycles. The molecule has 0 atom stereocenters. The molecule has 0 aliphatic heterocycles. The van der Waals surface area contributed by atoms with E-state index in [1.54, 1.807) is 0 Å². The second-order valence-corrected chi connectivity index (χ2v) is 5.19. The van der Waals surface area contributed by atoms with Crippen LogP contribution in [0.15, 0.2) is 41.4 Å². The summed E-state index contributed by atoms with van der Waals surface area (Å²) in [5.41, 5.74) is 5.42. The van der Waals surface area contributed by atoms with E-state index in [2.05, 4.69) is 51.2 Å². The molecule has 0 saturated heterocycles. The number of nitrogens with zero attached hydrogens (tertiary/aromatic N) is 3. The van der Waals surface area contributed by atoms with Crippen LogP contribution in [-0.2, 0) is 0 Å². The molecule has 0 aromatic carbocycles. The van der Waals surface area contributed by atoms with E-state index in [9.17, 15) is 0 Å². The average molecular weight is 302 g/mol. The minimum absolute atomic E-state index is 0.961. The van der Waals surface area contributed by atoms with Crippen LogP contribution in [0.3, 0.4) is 0 Å². The van der Waals surface area contributed by atoms with E-state index >= 15 is 0 Å². The molecule has 0 fully saturated rings. The number of halogens is 1. The number of hydrogen-bond donors (Lipinski definition) is 0. The second-order valence-electron chi connectivity index (χ2n) is 4.37. The van der Waals surface area contributed by atoms with Crippen molar-refractivity contribution in [2.75, 3.05) is 0 Å². The van der Waals surface area contributed by atoms with Gasteiger partial charge in [0, 0.05) is 29.2 Å². The van der Waals surface area contributed by atoms with Crippen LogP contribution < -0.4 is 0 Å². The van der Waals surface area contributed by atoms with Gasteiger partial charge in [0.25, 0.3) is 0 Å². The number of aryl methyl sites for hydroxylation is 2. The maximum Gasteiger partial charge on any atom is 0.140 e. The van der Waals surface area contributed by atoms with Crippen molar-refractivity contribution in [3.63, 3.8) is 0 Å². The van der Waals surface area contributed by atoms with E-state index in [-0.39, 0.29) is 0 Å². The lowest BCUT2D eigenvalue weighted by Crippen LogP contribution is -1.91. The first-order valence-corrected chi connectivity index (χ1v) is 6.51. The number of fused-ring (bicyclic) bond motifs is 1. The van der Waals surface area contributed by atoms with Crippen molar-refractivity contribution < 1.29 is 0 Å². The Morgan fingerprint density at radius 1 is 1.06 bits per heavy atom. The predicted molar refractivity (Wildman–Crippen MR) is 75.6 cm³/mol. The molecule has 90 valence electrons. The lowest BCUT2D eigenvalue weighted by molar-refractivity contribution is 1.13. The van der Waals surface area contributed by atoms with Crippen LogP contribution in [0.25, 0.3) is 16.8 Å². The fraction of sp³-hybridized carbons (Fsp3) is 0.143. The normalized spacial score (nSPS) is 11.1. The smallest absolute Gasteiger partial charge is 0.140 e. The first-order chi connectivity index (χ1) is 8.65. The monoisotopic (exact) mass is 301 g/mol. The van der Waals surface area contributed by atoms with E-state index in [4.69, 9.17) is 0 Å². The lowest BCUT2D eigenvalue weighted by atomic mass is 10.1. The Labute approximate surface area is 114 Å². The Morgan fingerprint density at radius 2 is 1.89 bits per heavy atom. The van der Waals surface area contributed by atoms with Crippen molar-refractivity contribution in [1.29, 1.82) is 0 Å². The minimum atomic E-state index is 0.961. The summed E-state index contributed by atoms with van der Waals surface area (Å²) in [6, 6.07) is 6.26. The van der Waals surface area contributed by atoms with Gasteiger partial charge < -0.3 is 0 Å². The van der Waals surface area contributed by atoms with Crippen LogP contribution in [0.1, 0.15) is 11.3 Å². The van der Waals surface area contributed by atoms with Crippen molar-refractivity contribution in [2.24, 2.45) is 0 Å². The SMILES string of the molecule is Cc1ccc(-c2cc(C)c3ncc(Br)n3c2)cn1. The summed E-state index contributed by atoms with van der Waals surface area (Å²) in [6.45, 7) is 4.06. The Kier molecular flexibility index (Phi) is 2.67. The van der Waals surface area contributed by atoms with Gasteiger partial charge in [-0.3, -0.25) is 9.38 Å². The average Bonchev–Trinajstić information content (AvgIpc) is 2.73. The van der Waals surface area contributed by atoms with Crippen LogP contribution in [0, 0.1) is 13.8 Å². The van der Waals surface area contributed by atoms with E-state index in [1.807, 2.05) is 29.8 Å². The third kappa shape index (κ3) is 1.82.